The van der Waals surface area contributed by atoms with Crippen molar-refractivity contribution in [2.24, 2.45) is 0 Å². The van der Waals surface area contributed by atoms with Crippen molar-refractivity contribution in [2.45, 2.75) is 33.0 Å². The molecule has 0 saturated carbocycles. The lowest BCUT2D eigenvalue weighted by molar-refractivity contribution is 0.414. The molecule has 0 fully saturated rings. The number of ether oxygens (including phenoxy) is 1. The van der Waals surface area contributed by atoms with E-state index in [2.05, 4.69) is 24.1 Å². The SMILES string of the molecule is COc1ccccc1N(C)Cc1occc1CNC(C)C. The number of methoxy groups -OCH3 is 1. The molecule has 4 heteroatoms. The second-order valence-electron chi connectivity index (χ2n) is 5.43. The maximum Gasteiger partial charge on any atom is 0.142 e. The summed E-state index contributed by atoms with van der Waals surface area (Å²) in [5.74, 6) is 1.85. The minimum absolute atomic E-state index is 0.458. The number of para-hydroxylation sites is 2. The Balaban J connectivity index is 2.09. The molecule has 4 nitrogen and oxygen atoms in total. The fraction of sp³-hybridized carbons (Fsp3) is 0.412. The van der Waals surface area contributed by atoms with Gasteiger partial charge >= 0.3 is 0 Å². The maximum atomic E-state index is 5.64. The molecule has 0 aliphatic heterocycles. The molecule has 114 valence electrons. The van der Waals surface area contributed by atoms with Gasteiger partial charge in [0.15, 0.2) is 0 Å². The van der Waals surface area contributed by atoms with Gasteiger partial charge in [-0.25, -0.2) is 0 Å². The van der Waals surface area contributed by atoms with Crippen LogP contribution < -0.4 is 15.0 Å². The van der Waals surface area contributed by atoms with Crippen LogP contribution in [0.4, 0.5) is 5.69 Å². The smallest absolute Gasteiger partial charge is 0.142 e. The van der Waals surface area contributed by atoms with Crippen molar-refractivity contribution in [2.75, 3.05) is 19.1 Å². The second-order valence-corrected chi connectivity index (χ2v) is 5.43. The number of furan rings is 1. The zero-order valence-corrected chi connectivity index (χ0v) is 13.2. The predicted octanol–water partition coefficient (Wildman–Crippen LogP) is 3.42. The number of benzene rings is 1. The van der Waals surface area contributed by atoms with Crippen molar-refractivity contribution in [3.05, 3.63) is 47.9 Å². The Labute approximate surface area is 126 Å². The van der Waals surface area contributed by atoms with E-state index >= 15 is 0 Å². The molecule has 0 saturated heterocycles. The first-order valence-electron chi connectivity index (χ1n) is 7.24. The Hall–Kier alpha value is -1.94. The third-order valence-electron chi connectivity index (χ3n) is 3.42. The van der Waals surface area contributed by atoms with Crippen molar-refractivity contribution in [3.63, 3.8) is 0 Å². The van der Waals surface area contributed by atoms with Crippen LogP contribution in [-0.2, 0) is 13.1 Å². The molecule has 2 aromatic rings. The molecule has 0 atom stereocenters. The van der Waals surface area contributed by atoms with Crippen molar-refractivity contribution < 1.29 is 9.15 Å². The average Bonchev–Trinajstić information content (AvgIpc) is 2.92. The number of hydrogen-bond donors (Lipinski definition) is 1. The molecule has 0 radical (unpaired) electrons. The van der Waals surface area contributed by atoms with Gasteiger partial charge in [0.2, 0.25) is 0 Å². The van der Waals surface area contributed by atoms with Gasteiger partial charge in [-0.1, -0.05) is 26.0 Å². The van der Waals surface area contributed by atoms with Crippen LogP contribution in [0.2, 0.25) is 0 Å². The van der Waals surface area contributed by atoms with Crippen LogP contribution >= 0.6 is 0 Å². The second kappa shape index (κ2) is 7.18. The van der Waals surface area contributed by atoms with Crippen LogP contribution in [0, 0.1) is 0 Å². The third-order valence-corrected chi connectivity index (χ3v) is 3.42. The van der Waals surface area contributed by atoms with Gasteiger partial charge in [0, 0.05) is 25.2 Å². The molecule has 0 bridgehead atoms. The molecule has 1 aromatic carbocycles. The number of hydrogen-bond acceptors (Lipinski definition) is 4. The van der Waals surface area contributed by atoms with Gasteiger partial charge in [-0.15, -0.1) is 0 Å². The monoisotopic (exact) mass is 288 g/mol. The average molecular weight is 288 g/mol. The Morgan fingerprint density at radius 2 is 2.00 bits per heavy atom. The summed E-state index contributed by atoms with van der Waals surface area (Å²) in [6.07, 6.45) is 1.75. The molecule has 0 aliphatic rings. The van der Waals surface area contributed by atoms with Crippen LogP contribution in [0.5, 0.6) is 5.75 Å². The zero-order chi connectivity index (χ0) is 15.2. The molecule has 0 spiro atoms. The van der Waals surface area contributed by atoms with Gasteiger partial charge in [0.1, 0.15) is 11.5 Å². The largest absolute Gasteiger partial charge is 0.495 e. The van der Waals surface area contributed by atoms with E-state index < -0.39 is 0 Å². The first-order chi connectivity index (χ1) is 10.1. The molecule has 21 heavy (non-hydrogen) atoms. The molecule has 1 N–H and O–H groups in total. The standard InChI is InChI=1S/C17H24N2O2/c1-13(2)18-11-14-9-10-21-17(14)12-19(3)15-7-5-6-8-16(15)20-4/h5-10,13,18H,11-12H2,1-4H3. The fourth-order valence-corrected chi connectivity index (χ4v) is 2.22. The summed E-state index contributed by atoms with van der Waals surface area (Å²) >= 11 is 0. The summed E-state index contributed by atoms with van der Waals surface area (Å²) in [7, 11) is 3.73. The molecule has 0 unspecified atom stereocenters. The summed E-state index contributed by atoms with van der Waals surface area (Å²) in [6, 6.07) is 10.5. The van der Waals surface area contributed by atoms with Gasteiger partial charge < -0.3 is 19.4 Å². The van der Waals surface area contributed by atoms with E-state index in [4.69, 9.17) is 9.15 Å². The van der Waals surface area contributed by atoms with Gasteiger partial charge in [-0.05, 0) is 18.2 Å². The molecule has 2 rings (SSSR count). The van der Waals surface area contributed by atoms with Crippen LogP contribution in [-0.4, -0.2) is 20.2 Å². The third kappa shape index (κ3) is 4.02. The van der Waals surface area contributed by atoms with Crippen LogP contribution in [0.25, 0.3) is 0 Å². The summed E-state index contributed by atoms with van der Waals surface area (Å²) in [6.45, 7) is 5.81. The Morgan fingerprint density at radius 3 is 2.71 bits per heavy atom. The van der Waals surface area contributed by atoms with Crippen molar-refractivity contribution in [3.8, 4) is 5.75 Å². The highest BCUT2D eigenvalue weighted by molar-refractivity contribution is 5.58. The first-order valence-corrected chi connectivity index (χ1v) is 7.24. The topological polar surface area (TPSA) is 37.6 Å². The van der Waals surface area contributed by atoms with Crippen LogP contribution in [0.1, 0.15) is 25.2 Å². The first kappa shape index (κ1) is 15.4. The zero-order valence-electron chi connectivity index (χ0n) is 13.2. The number of nitrogens with one attached hydrogen (secondary N) is 1. The lowest BCUT2D eigenvalue weighted by Gasteiger charge is -2.21. The number of rotatable bonds is 7. The molecule has 1 heterocycles. The molecular formula is C17H24N2O2. The van der Waals surface area contributed by atoms with E-state index in [-0.39, 0.29) is 0 Å². The molecular weight excluding hydrogens is 264 g/mol. The highest BCUT2D eigenvalue weighted by Gasteiger charge is 2.12. The molecule has 0 aliphatic carbocycles. The Kier molecular flexibility index (Phi) is 5.28. The van der Waals surface area contributed by atoms with Gasteiger partial charge in [0.05, 0.1) is 25.6 Å². The van der Waals surface area contributed by atoms with E-state index in [1.807, 2.05) is 37.4 Å². The Morgan fingerprint density at radius 1 is 1.24 bits per heavy atom. The lowest BCUT2D eigenvalue weighted by atomic mass is 10.2. The maximum absolute atomic E-state index is 5.64. The van der Waals surface area contributed by atoms with E-state index in [9.17, 15) is 0 Å². The molecule has 0 amide bonds. The van der Waals surface area contributed by atoms with Gasteiger partial charge in [0.25, 0.3) is 0 Å². The van der Waals surface area contributed by atoms with E-state index in [1.54, 1.807) is 13.4 Å². The van der Waals surface area contributed by atoms with Gasteiger partial charge in [-0.3, -0.25) is 0 Å². The summed E-state index contributed by atoms with van der Waals surface area (Å²) < 4.78 is 11.1. The van der Waals surface area contributed by atoms with Gasteiger partial charge in [-0.2, -0.15) is 0 Å². The number of anilines is 1. The number of nitrogens with zero attached hydrogens (tertiary/aromatic N) is 1. The van der Waals surface area contributed by atoms with E-state index in [1.165, 1.54) is 5.56 Å². The molecule has 1 aromatic heterocycles. The van der Waals surface area contributed by atoms with Crippen LogP contribution in [0.15, 0.2) is 41.0 Å². The van der Waals surface area contributed by atoms with Crippen LogP contribution in [0.3, 0.4) is 0 Å². The lowest BCUT2D eigenvalue weighted by Crippen LogP contribution is -2.23. The normalized spacial score (nSPS) is 10.9. The Bertz CT molecular complexity index is 563. The predicted molar refractivity (Wildman–Crippen MR) is 85.8 cm³/mol. The summed E-state index contributed by atoms with van der Waals surface area (Å²) in [4.78, 5) is 2.14. The van der Waals surface area contributed by atoms with Crippen molar-refractivity contribution in [1.82, 2.24) is 5.32 Å². The minimum Gasteiger partial charge on any atom is -0.495 e. The van der Waals surface area contributed by atoms with E-state index in [0.717, 1.165) is 23.7 Å². The fourth-order valence-electron chi connectivity index (χ4n) is 2.22. The summed E-state index contributed by atoms with van der Waals surface area (Å²) in [5.41, 5.74) is 2.25. The quantitative estimate of drug-likeness (QED) is 0.847. The van der Waals surface area contributed by atoms with E-state index in [0.29, 0.717) is 12.6 Å². The summed E-state index contributed by atoms with van der Waals surface area (Å²) in [5, 5.41) is 3.42. The highest BCUT2D eigenvalue weighted by Crippen LogP contribution is 2.28. The van der Waals surface area contributed by atoms with Crippen molar-refractivity contribution >= 4 is 5.69 Å². The minimum atomic E-state index is 0.458. The van der Waals surface area contributed by atoms with Crippen molar-refractivity contribution in [1.29, 1.82) is 0 Å². The highest BCUT2D eigenvalue weighted by atomic mass is 16.5.